The highest BCUT2D eigenvalue weighted by Gasteiger charge is 2.28. The Morgan fingerprint density at radius 3 is 1.11 bits per heavy atom. The molecule has 0 bridgehead atoms. The molecule has 12 heteroatoms. The molecule has 0 radical (unpaired) electrons. The summed E-state index contributed by atoms with van der Waals surface area (Å²) >= 11 is 0. The van der Waals surface area contributed by atoms with Gasteiger partial charge in [0.15, 0.2) is 6.10 Å². The van der Waals surface area contributed by atoms with Gasteiger partial charge in [0, 0.05) is 19.3 Å². The summed E-state index contributed by atoms with van der Waals surface area (Å²) in [6.07, 6.45) is 70.2. The van der Waals surface area contributed by atoms with Crippen molar-refractivity contribution in [1.29, 1.82) is 0 Å². The van der Waals surface area contributed by atoms with Crippen molar-refractivity contribution in [2.45, 2.75) is 238 Å². The van der Waals surface area contributed by atoms with Crippen molar-refractivity contribution in [2.75, 3.05) is 26.4 Å². The summed E-state index contributed by atoms with van der Waals surface area (Å²) in [4.78, 5) is 48.6. The fourth-order valence-corrected chi connectivity index (χ4v) is 8.26. The molecule has 432 valence electrons. The van der Waals surface area contributed by atoms with Gasteiger partial charge in [-0.15, -0.1) is 0 Å². The predicted octanol–water partition coefficient (Wildman–Crippen LogP) is 17.6. The maximum atomic E-state index is 12.9. The highest BCUT2D eigenvalue weighted by molar-refractivity contribution is 7.47. The first kappa shape index (κ1) is 71.9. The second-order valence-corrected chi connectivity index (χ2v) is 20.5. The quantitative estimate of drug-likeness (QED) is 0.0197. The number of hydrogen-bond acceptors (Lipinski definition) is 10. The first-order chi connectivity index (χ1) is 37.2. The number of unbranched alkanes of at least 4 members (excludes halogenated alkanes) is 16. The van der Waals surface area contributed by atoms with Crippen LogP contribution in [0.2, 0.25) is 0 Å². The number of allylic oxidation sites excluding steroid dienone is 20. The van der Waals surface area contributed by atoms with Crippen molar-refractivity contribution in [1.82, 2.24) is 0 Å². The van der Waals surface area contributed by atoms with E-state index in [1.165, 1.54) is 57.8 Å². The molecule has 3 unspecified atom stereocenters. The van der Waals surface area contributed by atoms with Crippen LogP contribution >= 0.6 is 7.82 Å². The minimum absolute atomic E-state index is 0.0908. The van der Waals surface area contributed by atoms with Gasteiger partial charge in [-0.1, -0.05) is 226 Å². The summed E-state index contributed by atoms with van der Waals surface area (Å²) in [6, 6.07) is 0. The lowest BCUT2D eigenvalue weighted by Gasteiger charge is -2.21. The maximum Gasteiger partial charge on any atom is 0.472 e. The topological polar surface area (TPSA) is 155 Å². The molecule has 0 aromatic rings. The molecule has 0 aliphatic carbocycles. The van der Waals surface area contributed by atoms with Crippen LogP contribution in [-0.4, -0.2) is 66.5 Å². The molecule has 3 atom stereocenters. The highest BCUT2D eigenvalue weighted by Crippen LogP contribution is 2.43. The van der Waals surface area contributed by atoms with E-state index in [0.717, 1.165) is 103 Å². The number of hydrogen-bond donors (Lipinski definition) is 2. The van der Waals surface area contributed by atoms with Gasteiger partial charge in [0.05, 0.1) is 19.8 Å². The first-order valence-corrected chi connectivity index (χ1v) is 30.9. The molecule has 0 amide bonds. The number of aliphatic hydroxyl groups is 1. The van der Waals surface area contributed by atoms with Gasteiger partial charge in [0.2, 0.25) is 0 Å². The second-order valence-electron chi connectivity index (χ2n) is 19.0. The van der Waals surface area contributed by atoms with Gasteiger partial charge >= 0.3 is 25.7 Å². The molecule has 0 aromatic carbocycles. The monoisotopic (exact) mass is 1080 g/mol. The van der Waals surface area contributed by atoms with Crippen molar-refractivity contribution < 1.29 is 52.2 Å². The number of phosphoric ester groups is 1. The van der Waals surface area contributed by atoms with Gasteiger partial charge < -0.3 is 24.2 Å². The Hall–Kier alpha value is -4.12. The molecule has 0 aliphatic heterocycles. The van der Waals surface area contributed by atoms with Crippen LogP contribution in [0.5, 0.6) is 0 Å². The summed E-state index contributed by atoms with van der Waals surface area (Å²) in [5, 5.41) is 9.82. The largest absolute Gasteiger partial charge is 0.472 e. The van der Waals surface area contributed by atoms with E-state index in [2.05, 4.69) is 130 Å². The maximum absolute atomic E-state index is 12.9. The summed E-state index contributed by atoms with van der Waals surface area (Å²) in [6.45, 7) is 4.31. The van der Waals surface area contributed by atoms with Crippen molar-refractivity contribution in [3.8, 4) is 0 Å². The van der Waals surface area contributed by atoms with Crippen molar-refractivity contribution in [2.24, 2.45) is 0 Å². The van der Waals surface area contributed by atoms with Gasteiger partial charge in [-0.05, 0) is 103 Å². The second kappa shape index (κ2) is 57.1. The minimum Gasteiger partial charge on any atom is -0.462 e. The molecule has 0 spiro atoms. The highest BCUT2D eigenvalue weighted by atomic mass is 31.2. The molecule has 0 aromatic heterocycles. The summed E-state index contributed by atoms with van der Waals surface area (Å²) in [5.74, 6) is -1.57. The number of ether oxygens (including phenoxy) is 3. The lowest BCUT2D eigenvalue weighted by Crippen LogP contribution is -2.30. The Balaban J connectivity index is 4.83. The van der Waals surface area contributed by atoms with Crippen LogP contribution in [0.3, 0.4) is 0 Å². The van der Waals surface area contributed by atoms with Gasteiger partial charge in [-0.2, -0.15) is 0 Å². The van der Waals surface area contributed by atoms with E-state index in [0.29, 0.717) is 25.7 Å². The van der Waals surface area contributed by atoms with Crippen molar-refractivity contribution in [3.05, 3.63) is 122 Å². The SMILES string of the molecule is CC/C=C\C/C=C\C/C=C\C/C=C\C/C=C\CCCCCC(=O)OC(COC(=O)CCCCCCCCCCCCCCC)COP(=O)(O)OCC(CO)OC(=O)CCC/C=C\C/C=C\C/C=C\C/C=C\C/C=C\CC. The number of carbonyl (C=O) groups is 3. The number of esters is 3. The van der Waals surface area contributed by atoms with E-state index < -0.39 is 57.8 Å². The number of rotatable bonds is 53. The molecule has 0 heterocycles. The molecule has 0 saturated carbocycles. The lowest BCUT2D eigenvalue weighted by atomic mass is 10.0. The Labute approximate surface area is 462 Å². The molecule has 0 fully saturated rings. The van der Waals surface area contributed by atoms with Crippen molar-refractivity contribution >= 4 is 25.7 Å². The smallest absolute Gasteiger partial charge is 0.462 e. The van der Waals surface area contributed by atoms with Crippen molar-refractivity contribution in [3.63, 3.8) is 0 Å². The molecule has 0 saturated heterocycles. The lowest BCUT2D eigenvalue weighted by molar-refractivity contribution is -0.161. The van der Waals surface area contributed by atoms with Crippen LogP contribution in [-0.2, 0) is 42.2 Å². The van der Waals surface area contributed by atoms with Gasteiger partial charge in [-0.25, -0.2) is 4.57 Å². The standard InChI is InChI=1S/C64H105O11P/c1-4-7-10-13-16-19-22-25-27-29-30-32-34-37-40-43-46-49-52-55-64(68)75-61(57-71-62(66)53-50-47-44-41-38-35-24-21-18-15-12-9-6-3)59-73-76(69,70)72-58-60(56-65)74-63(67)54-51-48-45-42-39-36-33-31-28-26-23-20-17-14-11-8-5-2/h7-8,10-11,16-17,19-20,25-28,30,32-33,36-37,40,42,45,60-61,65H,4-6,9,12-15,18,21-24,29,31,34-35,38-39,41,43-44,46-59H2,1-3H3,(H,69,70)/b10-7-,11-8-,19-16-,20-17-,27-25-,28-26-,32-30-,36-33-,40-37-,45-42-. The van der Waals surface area contributed by atoms with Gasteiger partial charge in [-0.3, -0.25) is 23.4 Å². The van der Waals surface area contributed by atoms with E-state index in [1.807, 2.05) is 12.2 Å². The fourth-order valence-electron chi connectivity index (χ4n) is 7.48. The van der Waals surface area contributed by atoms with Gasteiger partial charge in [0.1, 0.15) is 12.7 Å². The average molecular weight is 1080 g/mol. The number of carbonyl (C=O) groups excluding carboxylic acids is 3. The summed E-state index contributed by atoms with van der Waals surface area (Å²) in [5.41, 5.74) is 0. The molecule has 0 aliphatic rings. The third kappa shape index (κ3) is 54.7. The normalized spacial score (nSPS) is 14.2. The van der Waals surface area contributed by atoms with E-state index >= 15 is 0 Å². The molecular weight excluding hydrogens is 976 g/mol. The average Bonchev–Trinajstić information content (AvgIpc) is 3.41. The Morgan fingerprint density at radius 1 is 0.382 bits per heavy atom. The molecule has 11 nitrogen and oxygen atoms in total. The first-order valence-electron chi connectivity index (χ1n) is 29.4. The van der Waals surface area contributed by atoms with Gasteiger partial charge in [0.25, 0.3) is 0 Å². The Bertz CT molecular complexity index is 1740. The molecule has 2 N–H and O–H groups in total. The Morgan fingerprint density at radius 2 is 0.697 bits per heavy atom. The van der Waals surface area contributed by atoms with Crippen LogP contribution < -0.4 is 0 Å². The third-order valence-corrected chi connectivity index (χ3v) is 12.8. The van der Waals surface area contributed by atoms with E-state index in [4.69, 9.17) is 23.3 Å². The zero-order valence-electron chi connectivity index (χ0n) is 47.7. The van der Waals surface area contributed by atoms with Crippen LogP contribution in [0.4, 0.5) is 0 Å². The molecular formula is C64H105O11P. The zero-order chi connectivity index (χ0) is 55.5. The predicted molar refractivity (Wildman–Crippen MR) is 316 cm³/mol. The fraction of sp³-hybridized carbons (Fsp3) is 0.641. The molecule has 76 heavy (non-hydrogen) atoms. The number of phosphoric acid groups is 1. The minimum atomic E-state index is -4.78. The summed E-state index contributed by atoms with van der Waals surface area (Å²) < 4.78 is 39.5. The summed E-state index contributed by atoms with van der Waals surface area (Å²) in [7, 11) is -4.78. The third-order valence-electron chi connectivity index (χ3n) is 11.9. The van der Waals surface area contributed by atoms with Crippen LogP contribution in [0, 0.1) is 0 Å². The van der Waals surface area contributed by atoms with Crippen LogP contribution in [0.15, 0.2) is 122 Å². The zero-order valence-corrected chi connectivity index (χ0v) is 48.6. The van der Waals surface area contributed by atoms with E-state index in [-0.39, 0.29) is 25.9 Å². The van der Waals surface area contributed by atoms with Crippen LogP contribution in [0.1, 0.15) is 226 Å². The molecule has 0 rings (SSSR count). The van der Waals surface area contributed by atoms with E-state index in [9.17, 15) is 28.9 Å². The Kier molecular flexibility index (Phi) is 54.0. The van der Waals surface area contributed by atoms with Crippen LogP contribution in [0.25, 0.3) is 0 Å². The van der Waals surface area contributed by atoms with E-state index in [1.54, 1.807) is 0 Å². The number of aliphatic hydroxyl groups excluding tert-OH is 1.